The minimum atomic E-state index is 0.715. The minimum absolute atomic E-state index is 0.715. The molecule has 0 atom stereocenters. The summed E-state index contributed by atoms with van der Waals surface area (Å²) in [4.78, 5) is 0. The number of hydrogen-bond donors (Lipinski definition) is 1. The third-order valence-corrected chi connectivity index (χ3v) is 3.30. The van der Waals surface area contributed by atoms with Crippen LogP contribution in [0, 0.1) is 6.92 Å². The van der Waals surface area contributed by atoms with E-state index in [1.54, 1.807) is 7.11 Å². The Morgan fingerprint density at radius 3 is 2.95 bits per heavy atom. The Labute approximate surface area is 121 Å². The number of nitrogens with zero attached hydrogens (tertiary/aromatic N) is 2. The molecule has 1 aromatic carbocycles. The van der Waals surface area contributed by atoms with E-state index in [-0.39, 0.29) is 0 Å². The normalized spacial score (nSPS) is 10.9. The van der Waals surface area contributed by atoms with Crippen LogP contribution >= 0.6 is 15.9 Å². The molecule has 0 saturated carbocycles. The molecule has 2 rings (SSSR count). The third kappa shape index (κ3) is 3.89. The van der Waals surface area contributed by atoms with E-state index in [2.05, 4.69) is 38.5 Å². The first kappa shape index (κ1) is 14.2. The van der Waals surface area contributed by atoms with Gasteiger partial charge in [0.1, 0.15) is 0 Å². The van der Waals surface area contributed by atoms with Crippen molar-refractivity contribution in [3.63, 3.8) is 0 Å². The summed E-state index contributed by atoms with van der Waals surface area (Å²) in [5.74, 6) is 0. The van der Waals surface area contributed by atoms with Crippen molar-refractivity contribution in [3.8, 4) is 5.69 Å². The van der Waals surface area contributed by atoms with Crippen LogP contribution in [0.2, 0.25) is 0 Å². The fourth-order valence-electron chi connectivity index (χ4n) is 1.84. The van der Waals surface area contributed by atoms with Crippen LogP contribution < -0.4 is 5.32 Å². The Morgan fingerprint density at radius 1 is 1.42 bits per heavy atom. The molecule has 2 aromatic rings. The molecule has 19 heavy (non-hydrogen) atoms. The van der Waals surface area contributed by atoms with Gasteiger partial charge in [0.05, 0.1) is 18.5 Å². The van der Waals surface area contributed by atoms with Gasteiger partial charge < -0.3 is 10.1 Å². The summed E-state index contributed by atoms with van der Waals surface area (Å²) in [5, 5.41) is 7.73. The standard InChI is InChI=1S/C14H18BrN3O/c1-11-8-17-18(10-11)14-7-13(15)4-3-12(14)9-16-5-6-19-2/h3-4,7-8,10,16H,5-6,9H2,1-2H3. The largest absolute Gasteiger partial charge is 0.383 e. The summed E-state index contributed by atoms with van der Waals surface area (Å²) in [7, 11) is 1.71. The molecule has 0 saturated heterocycles. The van der Waals surface area contributed by atoms with Crippen molar-refractivity contribution in [3.05, 3.63) is 46.2 Å². The molecular weight excluding hydrogens is 306 g/mol. The highest BCUT2D eigenvalue weighted by Crippen LogP contribution is 2.20. The van der Waals surface area contributed by atoms with Gasteiger partial charge in [-0.2, -0.15) is 5.10 Å². The number of rotatable bonds is 6. The van der Waals surface area contributed by atoms with Crippen LogP contribution in [0.5, 0.6) is 0 Å². The number of nitrogens with one attached hydrogen (secondary N) is 1. The second-order valence-electron chi connectivity index (χ2n) is 4.40. The molecule has 0 radical (unpaired) electrons. The molecule has 0 aliphatic rings. The zero-order valence-corrected chi connectivity index (χ0v) is 12.8. The molecule has 5 heteroatoms. The maximum Gasteiger partial charge on any atom is 0.0701 e. The van der Waals surface area contributed by atoms with Crippen molar-refractivity contribution in [2.24, 2.45) is 0 Å². The van der Waals surface area contributed by atoms with E-state index in [1.807, 2.05) is 30.1 Å². The molecule has 1 N–H and O–H groups in total. The van der Waals surface area contributed by atoms with Gasteiger partial charge in [0, 0.05) is 30.9 Å². The lowest BCUT2D eigenvalue weighted by atomic mass is 10.2. The van der Waals surface area contributed by atoms with Gasteiger partial charge in [-0.3, -0.25) is 0 Å². The van der Waals surface area contributed by atoms with Gasteiger partial charge >= 0.3 is 0 Å². The Kier molecular flexibility index (Phi) is 5.13. The quantitative estimate of drug-likeness (QED) is 0.831. The number of ether oxygens (including phenoxy) is 1. The molecule has 0 aliphatic heterocycles. The fraction of sp³-hybridized carbons (Fsp3) is 0.357. The summed E-state index contributed by atoms with van der Waals surface area (Å²) in [6, 6.07) is 6.24. The van der Waals surface area contributed by atoms with E-state index in [9.17, 15) is 0 Å². The van der Waals surface area contributed by atoms with Gasteiger partial charge in [-0.05, 0) is 30.2 Å². The second kappa shape index (κ2) is 6.84. The Bertz CT molecular complexity index is 539. The topological polar surface area (TPSA) is 39.1 Å². The van der Waals surface area contributed by atoms with Gasteiger partial charge in [0.25, 0.3) is 0 Å². The van der Waals surface area contributed by atoms with Crippen LogP contribution in [0.25, 0.3) is 5.69 Å². The average Bonchev–Trinajstić information content (AvgIpc) is 2.82. The van der Waals surface area contributed by atoms with Gasteiger partial charge in [-0.15, -0.1) is 0 Å². The van der Waals surface area contributed by atoms with Crippen LogP contribution in [-0.2, 0) is 11.3 Å². The van der Waals surface area contributed by atoms with Crippen molar-refractivity contribution in [1.82, 2.24) is 15.1 Å². The maximum atomic E-state index is 5.03. The number of aromatic nitrogens is 2. The van der Waals surface area contributed by atoms with E-state index in [0.717, 1.165) is 28.8 Å². The highest BCUT2D eigenvalue weighted by Gasteiger charge is 2.06. The van der Waals surface area contributed by atoms with Gasteiger partial charge in [0.2, 0.25) is 0 Å². The van der Waals surface area contributed by atoms with Crippen LogP contribution in [-0.4, -0.2) is 30.0 Å². The molecule has 0 amide bonds. The van der Waals surface area contributed by atoms with E-state index >= 15 is 0 Å². The zero-order chi connectivity index (χ0) is 13.7. The highest BCUT2D eigenvalue weighted by molar-refractivity contribution is 9.10. The zero-order valence-electron chi connectivity index (χ0n) is 11.2. The smallest absolute Gasteiger partial charge is 0.0701 e. The monoisotopic (exact) mass is 323 g/mol. The lowest BCUT2D eigenvalue weighted by molar-refractivity contribution is 0.199. The van der Waals surface area contributed by atoms with Crippen LogP contribution in [0.3, 0.4) is 0 Å². The number of halogens is 1. The first-order valence-corrected chi connectivity index (χ1v) is 6.99. The summed E-state index contributed by atoms with van der Waals surface area (Å²) in [6.07, 6.45) is 3.89. The molecule has 102 valence electrons. The van der Waals surface area contributed by atoms with E-state index in [1.165, 1.54) is 5.56 Å². The Hall–Kier alpha value is -1.17. The Balaban J connectivity index is 2.18. The molecule has 0 fully saturated rings. The first-order chi connectivity index (χ1) is 9.20. The average molecular weight is 324 g/mol. The lowest BCUT2D eigenvalue weighted by Gasteiger charge is -2.11. The van der Waals surface area contributed by atoms with Crippen LogP contribution in [0.4, 0.5) is 0 Å². The summed E-state index contributed by atoms with van der Waals surface area (Å²) >= 11 is 3.51. The lowest BCUT2D eigenvalue weighted by Crippen LogP contribution is -2.19. The van der Waals surface area contributed by atoms with Gasteiger partial charge in [-0.1, -0.05) is 22.0 Å². The molecule has 1 aromatic heterocycles. The summed E-state index contributed by atoms with van der Waals surface area (Å²) in [6.45, 7) is 4.39. The second-order valence-corrected chi connectivity index (χ2v) is 5.32. The van der Waals surface area contributed by atoms with Crippen molar-refractivity contribution in [1.29, 1.82) is 0 Å². The van der Waals surface area contributed by atoms with Crippen molar-refractivity contribution in [2.75, 3.05) is 20.3 Å². The molecule has 0 unspecified atom stereocenters. The van der Waals surface area contributed by atoms with Crippen LogP contribution in [0.15, 0.2) is 35.1 Å². The van der Waals surface area contributed by atoms with Crippen molar-refractivity contribution in [2.45, 2.75) is 13.5 Å². The van der Waals surface area contributed by atoms with Crippen molar-refractivity contribution < 1.29 is 4.74 Å². The molecular formula is C14H18BrN3O. The SMILES string of the molecule is COCCNCc1ccc(Br)cc1-n1cc(C)cn1. The van der Waals surface area contributed by atoms with E-state index < -0.39 is 0 Å². The molecule has 4 nitrogen and oxygen atoms in total. The third-order valence-electron chi connectivity index (χ3n) is 2.80. The molecule has 1 heterocycles. The van der Waals surface area contributed by atoms with Gasteiger partial charge in [0.15, 0.2) is 0 Å². The molecule has 0 spiro atoms. The van der Waals surface area contributed by atoms with E-state index in [0.29, 0.717) is 6.61 Å². The van der Waals surface area contributed by atoms with E-state index in [4.69, 9.17) is 4.74 Å². The predicted octanol–water partition coefficient (Wildman–Crippen LogP) is 2.68. The molecule has 0 aliphatic carbocycles. The molecule has 0 bridgehead atoms. The predicted molar refractivity (Wildman–Crippen MR) is 79.6 cm³/mol. The highest BCUT2D eigenvalue weighted by atomic mass is 79.9. The minimum Gasteiger partial charge on any atom is -0.383 e. The van der Waals surface area contributed by atoms with Crippen LogP contribution in [0.1, 0.15) is 11.1 Å². The number of benzene rings is 1. The van der Waals surface area contributed by atoms with Gasteiger partial charge in [-0.25, -0.2) is 4.68 Å². The number of methoxy groups -OCH3 is 1. The Morgan fingerprint density at radius 2 is 2.26 bits per heavy atom. The van der Waals surface area contributed by atoms with Crippen molar-refractivity contribution >= 4 is 15.9 Å². The number of aryl methyl sites for hydroxylation is 1. The fourth-order valence-corrected chi connectivity index (χ4v) is 2.19. The maximum absolute atomic E-state index is 5.03. The summed E-state index contributed by atoms with van der Waals surface area (Å²) in [5.41, 5.74) is 3.45. The first-order valence-electron chi connectivity index (χ1n) is 6.20. The summed E-state index contributed by atoms with van der Waals surface area (Å²) < 4.78 is 7.99. The number of hydrogen-bond acceptors (Lipinski definition) is 3.